The van der Waals surface area contributed by atoms with Crippen LogP contribution in [0.2, 0.25) is 0 Å². The number of anilines is 3. The molecular weight excluding hydrogens is 681 g/mol. The van der Waals surface area contributed by atoms with Crippen molar-refractivity contribution in [2.45, 2.75) is 0 Å². The van der Waals surface area contributed by atoms with E-state index in [4.69, 9.17) is 4.42 Å². The number of hydrogen-bond donors (Lipinski definition) is 0. The highest BCUT2D eigenvalue weighted by atomic mass is 16.3. The second-order valence-corrected chi connectivity index (χ2v) is 14.0. The largest absolute Gasteiger partial charge is 0.454 e. The van der Waals surface area contributed by atoms with Gasteiger partial charge in [-0.2, -0.15) is 0 Å². The lowest BCUT2D eigenvalue weighted by Crippen LogP contribution is -2.09. The van der Waals surface area contributed by atoms with E-state index >= 15 is 0 Å². The summed E-state index contributed by atoms with van der Waals surface area (Å²) in [5, 5.41) is 2.19. The van der Waals surface area contributed by atoms with Crippen molar-refractivity contribution in [2.24, 2.45) is 0 Å². The molecule has 0 N–H and O–H groups in total. The van der Waals surface area contributed by atoms with Gasteiger partial charge in [-0.1, -0.05) is 158 Å². The van der Waals surface area contributed by atoms with Crippen molar-refractivity contribution in [3.05, 3.63) is 219 Å². The third kappa shape index (κ3) is 6.31. The van der Waals surface area contributed by atoms with Crippen LogP contribution in [0, 0.1) is 0 Å². The molecule has 10 aromatic rings. The normalized spacial score (nSPS) is 11.2. The van der Waals surface area contributed by atoms with E-state index in [0.29, 0.717) is 0 Å². The molecule has 3 nitrogen and oxygen atoms in total. The topological polar surface area (TPSA) is 29.3 Å². The molecule has 0 saturated carbocycles. The van der Waals surface area contributed by atoms with Crippen molar-refractivity contribution in [3.63, 3.8) is 0 Å². The molecule has 0 fully saturated rings. The maximum Gasteiger partial charge on any atom is 0.153 e. The summed E-state index contributed by atoms with van der Waals surface area (Å²) in [6, 6.07) is 73.5. The van der Waals surface area contributed by atoms with Crippen molar-refractivity contribution >= 4 is 39.0 Å². The van der Waals surface area contributed by atoms with Gasteiger partial charge in [0.05, 0.1) is 6.20 Å². The van der Waals surface area contributed by atoms with Crippen LogP contribution in [0.4, 0.5) is 17.1 Å². The smallest absolute Gasteiger partial charge is 0.153 e. The first-order valence-corrected chi connectivity index (χ1v) is 18.9. The average Bonchev–Trinajstić information content (AvgIpc) is 3.67. The maximum absolute atomic E-state index is 6.30. The Morgan fingerprint density at radius 3 is 1.30 bits per heavy atom. The summed E-state index contributed by atoms with van der Waals surface area (Å²) in [7, 11) is 0. The molecule has 8 aromatic carbocycles. The summed E-state index contributed by atoms with van der Waals surface area (Å²) < 4.78 is 6.30. The molecule has 2 aromatic heterocycles. The Labute approximate surface area is 326 Å². The van der Waals surface area contributed by atoms with Crippen LogP contribution in [0.3, 0.4) is 0 Å². The Kier molecular flexibility index (Phi) is 8.51. The summed E-state index contributed by atoms with van der Waals surface area (Å²) in [5.41, 5.74) is 16.6. The molecule has 264 valence electrons. The summed E-state index contributed by atoms with van der Waals surface area (Å²) in [6.07, 6.45) is 3.60. The Balaban J connectivity index is 0.941. The molecule has 2 heterocycles. The summed E-state index contributed by atoms with van der Waals surface area (Å²) in [6.45, 7) is 0. The number of nitrogens with zero attached hydrogens (tertiary/aromatic N) is 2. The zero-order valence-electron chi connectivity index (χ0n) is 30.6. The molecular formula is C53H36N2O. The highest BCUT2D eigenvalue weighted by Crippen LogP contribution is 2.39. The van der Waals surface area contributed by atoms with E-state index in [0.717, 1.165) is 61.3 Å². The second-order valence-electron chi connectivity index (χ2n) is 14.0. The number of fused-ring (bicyclic) bond motifs is 3. The zero-order chi connectivity index (χ0) is 37.3. The van der Waals surface area contributed by atoms with E-state index in [2.05, 4.69) is 210 Å². The number of hydrogen-bond acceptors (Lipinski definition) is 3. The minimum atomic E-state index is 0.803. The maximum atomic E-state index is 6.30. The molecule has 10 rings (SSSR count). The molecule has 0 atom stereocenters. The number of rotatable bonds is 8. The molecule has 0 saturated heterocycles. The van der Waals surface area contributed by atoms with Gasteiger partial charge in [0.1, 0.15) is 5.58 Å². The zero-order valence-corrected chi connectivity index (χ0v) is 30.6. The van der Waals surface area contributed by atoms with Gasteiger partial charge in [0, 0.05) is 39.6 Å². The lowest BCUT2D eigenvalue weighted by molar-refractivity contribution is 0.668. The van der Waals surface area contributed by atoms with Crippen LogP contribution >= 0.6 is 0 Å². The van der Waals surface area contributed by atoms with E-state index < -0.39 is 0 Å². The average molecular weight is 717 g/mol. The molecule has 0 aliphatic carbocycles. The van der Waals surface area contributed by atoms with Gasteiger partial charge in [0.2, 0.25) is 0 Å². The van der Waals surface area contributed by atoms with Gasteiger partial charge in [-0.05, 0) is 98.6 Å². The lowest BCUT2D eigenvalue weighted by Gasteiger charge is -2.26. The standard InChI is InChI=1S/C53H36N2O/c1-3-9-37(10-4-1)40-21-27-46(28-22-40)55(47-29-23-41(24-30-47)38-11-5-2-6-12-38)48-31-25-42(26-32-48)39-17-19-43(20-18-39)44-13-7-14-45(35-44)49-15-8-16-51-50-33-34-54-36-52(50)56-53(49)51/h1-36H. The number of aromatic nitrogens is 1. The van der Waals surface area contributed by atoms with E-state index in [9.17, 15) is 0 Å². The van der Waals surface area contributed by atoms with Gasteiger partial charge >= 0.3 is 0 Å². The van der Waals surface area contributed by atoms with Crippen LogP contribution in [0.5, 0.6) is 0 Å². The van der Waals surface area contributed by atoms with Crippen LogP contribution < -0.4 is 4.90 Å². The van der Waals surface area contributed by atoms with Crippen molar-refractivity contribution in [1.29, 1.82) is 0 Å². The second kappa shape index (κ2) is 14.4. The molecule has 0 radical (unpaired) electrons. The molecule has 56 heavy (non-hydrogen) atoms. The van der Waals surface area contributed by atoms with Gasteiger partial charge in [-0.3, -0.25) is 4.98 Å². The van der Waals surface area contributed by atoms with E-state index in [1.54, 1.807) is 6.20 Å². The number of benzene rings is 8. The third-order valence-electron chi connectivity index (χ3n) is 10.6. The van der Waals surface area contributed by atoms with Crippen molar-refractivity contribution < 1.29 is 4.42 Å². The van der Waals surface area contributed by atoms with Crippen LogP contribution in [-0.2, 0) is 0 Å². The van der Waals surface area contributed by atoms with Crippen LogP contribution in [0.15, 0.2) is 223 Å². The van der Waals surface area contributed by atoms with Gasteiger partial charge < -0.3 is 9.32 Å². The Morgan fingerprint density at radius 2 is 0.768 bits per heavy atom. The fourth-order valence-electron chi connectivity index (χ4n) is 7.72. The molecule has 0 amide bonds. The Morgan fingerprint density at radius 1 is 0.339 bits per heavy atom. The molecule has 0 unspecified atom stereocenters. The Bertz CT molecular complexity index is 2830. The van der Waals surface area contributed by atoms with Crippen LogP contribution in [-0.4, -0.2) is 4.98 Å². The number of pyridine rings is 1. The summed E-state index contributed by atoms with van der Waals surface area (Å²) in [5.74, 6) is 0. The quantitative estimate of drug-likeness (QED) is 0.157. The number of furan rings is 1. The minimum absolute atomic E-state index is 0.803. The highest BCUT2D eigenvalue weighted by molar-refractivity contribution is 6.09. The fourth-order valence-corrected chi connectivity index (χ4v) is 7.72. The van der Waals surface area contributed by atoms with Gasteiger partial charge in [0.15, 0.2) is 5.58 Å². The predicted molar refractivity (Wildman–Crippen MR) is 233 cm³/mol. The highest BCUT2D eigenvalue weighted by Gasteiger charge is 2.15. The number of para-hydroxylation sites is 1. The van der Waals surface area contributed by atoms with E-state index in [1.165, 1.54) is 33.4 Å². The first-order chi connectivity index (χ1) is 27.7. The first-order valence-electron chi connectivity index (χ1n) is 18.9. The third-order valence-corrected chi connectivity index (χ3v) is 10.6. The van der Waals surface area contributed by atoms with Gasteiger partial charge in [-0.15, -0.1) is 0 Å². The van der Waals surface area contributed by atoms with Crippen LogP contribution in [0.25, 0.3) is 77.6 Å². The van der Waals surface area contributed by atoms with Crippen molar-refractivity contribution in [1.82, 2.24) is 4.98 Å². The molecule has 0 aliphatic heterocycles. The first kappa shape index (κ1) is 33.1. The molecule has 0 bridgehead atoms. The summed E-state index contributed by atoms with van der Waals surface area (Å²) >= 11 is 0. The Hall–Kier alpha value is -7.49. The van der Waals surface area contributed by atoms with Gasteiger partial charge in [-0.25, -0.2) is 0 Å². The van der Waals surface area contributed by atoms with Crippen LogP contribution in [0.1, 0.15) is 0 Å². The van der Waals surface area contributed by atoms with Gasteiger partial charge in [0.25, 0.3) is 0 Å². The monoisotopic (exact) mass is 716 g/mol. The molecule has 0 spiro atoms. The fraction of sp³-hybridized carbons (Fsp3) is 0. The molecule has 0 aliphatic rings. The SMILES string of the molecule is c1ccc(-c2ccc(N(c3ccc(-c4ccccc4)cc3)c3ccc(-c4ccc(-c5cccc(-c6cccc7c6oc6cnccc67)c5)cc4)cc3)cc2)cc1. The van der Waals surface area contributed by atoms with E-state index in [-0.39, 0.29) is 0 Å². The minimum Gasteiger partial charge on any atom is -0.454 e. The van der Waals surface area contributed by atoms with E-state index in [1.807, 2.05) is 12.3 Å². The lowest BCUT2D eigenvalue weighted by atomic mass is 9.96. The predicted octanol–water partition coefficient (Wildman–Crippen LogP) is 14.8. The molecule has 3 heteroatoms. The van der Waals surface area contributed by atoms with Crippen molar-refractivity contribution in [3.8, 4) is 55.6 Å². The van der Waals surface area contributed by atoms with Crippen molar-refractivity contribution in [2.75, 3.05) is 4.90 Å². The summed E-state index contributed by atoms with van der Waals surface area (Å²) in [4.78, 5) is 6.58.